The molecular weight excluding hydrogens is 564 g/mol. The molecule has 5 aromatic rings. The molecular formula is C38H42N2O5. The molecule has 0 saturated carbocycles. The second kappa shape index (κ2) is 16.4. The number of aliphatic hydroxyl groups is 2. The molecule has 0 saturated heterocycles. The Hall–Kier alpha value is -4.72. The molecule has 45 heavy (non-hydrogen) atoms. The van der Waals surface area contributed by atoms with Crippen LogP contribution < -0.4 is 9.47 Å². The van der Waals surface area contributed by atoms with Crippen molar-refractivity contribution >= 4 is 16.8 Å². The zero-order valence-corrected chi connectivity index (χ0v) is 26.5. The number of aliphatic hydroxyl groups excluding tert-OH is 2. The molecule has 0 bridgehead atoms. The molecule has 0 aliphatic carbocycles. The van der Waals surface area contributed by atoms with Gasteiger partial charge in [0.25, 0.3) is 5.91 Å². The van der Waals surface area contributed by atoms with Gasteiger partial charge in [0.1, 0.15) is 11.5 Å². The number of fused-ring (bicyclic) bond motifs is 1. The standard InChI is InChI=1S/C37H38N2O4.CH4O/c1-4-26-8-13-32(14-9-26)43-25-37(41)39(5-2)24-31-23-28(29-12-16-35-30(22-29)7-6-19-38-35)11-15-33(31)34-21-27(18-20-40)10-17-36(34)42-3;1-2/h6-17,19,21-23,40H,4-5,18,20,24-25H2,1-3H3;2H,1H3. The van der Waals surface area contributed by atoms with Gasteiger partial charge in [-0.15, -0.1) is 0 Å². The van der Waals surface area contributed by atoms with E-state index in [0.717, 1.165) is 63.6 Å². The van der Waals surface area contributed by atoms with Crippen molar-refractivity contribution in [2.75, 3.05) is 34.0 Å². The van der Waals surface area contributed by atoms with E-state index in [-0.39, 0.29) is 19.1 Å². The Bertz CT molecular complexity index is 1700. The first-order valence-corrected chi connectivity index (χ1v) is 15.2. The van der Waals surface area contributed by atoms with E-state index in [0.29, 0.717) is 25.3 Å². The van der Waals surface area contributed by atoms with Crippen LogP contribution in [0.5, 0.6) is 11.5 Å². The van der Waals surface area contributed by atoms with E-state index in [2.05, 4.69) is 54.4 Å². The largest absolute Gasteiger partial charge is 0.496 e. The third-order valence-corrected chi connectivity index (χ3v) is 7.79. The molecule has 1 amide bonds. The van der Waals surface area contributed by atoms with E-state index in [1.165, 1.54) is 5.56 Å². The highest BCUT2D eigenvalue weighted by atomic mass is 16.5. The molecule has 0 spiro atoms. The summed E-state index contributed by atoms with van der Waals surface area (Å²) in [6, 6.07) is 30.5. The topological polar surface area (TPSA) is 92.1 Å². The first-order chi connectivity index (χ1) is 22.0. The number of methoxy groups -OCH3 is 1. The average Bonchev–Trinajstić information content (AvgIpc) is 3.10. The Balaban J connectivity index is 0.00000226. The number of aromatic nitrogens is 1. The fourth-order valence-electron chi connectivity index (χ4n) is 5.31. The van der Waals surface area contributed by atoms with Gasteiger partial charge < -0.3 is 24.6 Å². The first-order valence-electron chi connectivity index (χ1n) is 15.2. The van der Waals surface area contributed by atoms with Crippen LogP contribution in [0, 0.1) is 0 Å². The molecule has 4 aromatic carbocycles. The molecule has 7 heteroatoms. The molecule has 234 valence electrons. The van der Waals surface area contributed by atoms with E-state index >= 15 is 0 Å². The molecule has 0 aliphatic heterocycles. The van der Waals surface area contributed by atoms with Crippen molar-refractivity contribution in [3.8, 4) is 33.8 Å². The van der Waals surface area contributed by atoms with Crippen molar-refractivity contribution in [1.82, 2.24) is 9.88 Å². The van der Waals surface area contributed by atoms with Crippen LogP contribution in [-0.4, -0.2) is 60.0 Å². The molecule has 0 fully saturated rings. The maximum absolute atomic E-state index is 13.4. The molecule has 0 atom stereocenters. The van der Waals surface area contributed by atoms with Crippen LogP contribution in [0.15, 0.2) is 97.2 Å². The van der Waals surface area contributed by atoms with Crippen molar-refractivity contribution in [3.05, 3.63) is 114 Å². The summed E-state index contributed by atoms with van der Waals surface area (Å²) in [5, 5.41) is 17.6. The van der Waals surface area contributed by atoms with Crippen LogP contribution >= 0.6 is 0 Å². The number of rotatable bonds is 12. The molecule has 1 heterocycles. The summed E-state index contributed by atoms with van der Waals surface area (Å²) < 4.78 is 11.6. The second-order valence-corrected chi connectivity index (χ2v) is 10.5. The average molecular weight is 607 g/mol. The number of hydrogen-bond donors (Lipinski definition) is 2. The van der Waals surface area contributed by atoms with Gasteiger partial charge in [0.2, 0.25) is 0 Å². The van der Waals surface area contributed by atoms with E-state index in [1.54, 1.807) is 13.3 Å². The normalized spacial score (nSPS) is 10.6. The minimum absolute atomic E-state index is 0.0404. The molecule has 2 N–H and O–H groups in total. The number of aryl methyl sites for hydroxylation is 1. The van der Waals surface area contributed by atoms with Crippen molar-refractivity contribution < 1.29 is 24.5 Å². The van der Waals surface area contributed by atoms with Crippen LogP contribution in [-0.2, 0) is 24.2 Å². The molecule has 1 aromatic heterocycles. The summed E-state index contributed by atoms with van der Waals surface area (Å²) >= 11 is 0. The van der Waals surface area contributed by atoms with Crippen LogP contribution in [0.4, 0.5) is 0 Å². The van der Waals surface area contributed by atoms with Gasteiger partial charge in [-0.1, -0.05) is 49.4 Å². The highest BCUT2D eigenvalue weighted by Gasteiger charge is 2.19. The van der Waals surface area contributed by atoms with E-state index in [1.807, 2.05) is 60.4 Å². The van der Waals surface area contributed by atoms with Gasteiger partial charge in [0.05, 0.1) is 12.6 Å². The van der Waals surface area contributed by atoms with Crippen LogP contribution in [0.3, 0.4) is 0 Å². The number of benzene rings is 4. The fraction of sp³-hybridized carbons (Fsp3) is 0.263. The number of hydrogen-bond acceptors (Lipinski definition) is 6. The van der Waals surface area contributed by atoms with Gasteiger partial charge in [0.15, 0.2) is 6.61 Å². The molecule has 0 unspecified atom stereocenters. The molecule has 0 aliphatic rings. The lowest BCUT2D eigenvalue weighted by Gasteiger charge is -2.24. The lowest BCUT2D eigenvalue weighted by Crippen LogP contribution is -2.34. The van der Waals surface area contributed by atoms with Crippen LogP contribution in [0.2, 0.25) is 0 Å². The number of pyridine rings is 1. The Labute approximate surface area is 265 Å². The smallest absolute Gasteiger partial charge is 0.260 e. The predicted molar refractivity (Wildman–Crippen MR) is 181 cm³/mol. The molecule has 7 nitrogen and oxygen atoms in total. The number of nitrogens with zero attached hydrogens (tertiary/aromatic N) is 2. The monoisotopic (exact) mass is 606 g/mol. The van der Waals surface area contributed by atoms with Crippen molar-refractivity contribution in [3.63, 3.8) is 0 Å². The highest BCUT2D eigenvalue weighted by molar-refractivity contribution is 5.86. The highest BCUT2D eigenvalue weighted by Crippen LogP contribution is 2.37. The Morgan fingerprint density at radius 2 is 1.58 bits per heavy atom. The van der Waals surface area contributed by atoms with Crippen LogP contribution in [0.25, 0.3) is 33.2 Å². The lowest BCUT2D eigenvalue weighted by atomic mass is 9.92. The van der Waals surface area contributed by atoms with Crippen molar-refractivity contribution in [2.45, 2.75) is 33.2 Å². The van der Waals surface area contributed by atoms with Gasteiger partial charge >= 0.3 is 0 Å². The molecule has 5 rings (SSSR count). The summed E-state index contributed by atoms with van der Waals surface area (Å²) in [6.07, 6.45) is 3.30. The Morgan fingerprint density at radius 3 is 2.29 bits per heavy atom. The van der Waals surface area contributed by atoms with E-state index < -0.39 is 0 Å². The maximum atomic E-state index is 13.4. The zero-order valence-electron chi connectivity index (χ0n) is 26.5. The van der Waals surface area contributed by atoms with E-state index in [9.17, 15) is 9.90 Å². The van der Waals surface area contributed by atoms with Crippen molar-refractivity contribution in [1.29, 1.82) is 0 Å². The third kappa shape index (κ3) is 8.26. The summed E-state index contributed by atoms with van der Waals surface area (Å²) in [6.45, 7) is 5.05. The number of amides is 1. The minimum atomic E-state index is -0.0869. The third-order valence-electron chi connectivity index (χ3n) is 7.79. The van der Waals surface area contributed by atoms with Gasteiger partial charge in [0, 0.05) is 44.0 Å². The fourth-order valence-corrected chi connectivity index (χ4v) is 5.31. The first kappa shape index (κ1) is 33.2. The SMILES string of the molecule is CCc1ccc(OCC(=O)N(CC)Cc2cc(-c3ccc4ncccc4c3)ccc2-c2cc(CCO)ccc2OC)cc1.CO. The predicted octanol–water partition coefficient (Wildman–Crippen LogP) is 6.71. The second-order valence-electron chi connectivity index (χ2n) is 10.5. The zero-order chi connectivity index (χ0) is 32.2. The van der Waals surface area contributed by atoms with Gasteiger partial charge in [-0.3, -0.25) is 9.78 Å². The minimum Gasteiger partial charge on any atom is -0.496 e. The Morgan fingerprint density at radius 1 is 0.844 bits per heavy atom. The van der Waals surface area contributed by atoms with Gasteiger partial charge in [-0.05, 0) is 102 Å². The van der Waals surface area contributed by atoms with Gasteiger partial charge in [-0.25, -0.2) is 0 Å². The van der Waals surface area contributed by atoms with E-state index in [4.69, 9.17) is 14.6 Å². The summed E-state index contributed by atoms with van der Waals surface area (Å²) in [5.74, 6) is 1.33. The lowest BCUT2D eigenvalue weighted by molar-refractivity contribution is -0.133. The summed E-state index contributed by atoms with van der Waals surface area (Å²) in [5.41, 5.74) is 8.20. The maximum Gasteiger partial charge on any atom is 0.260 e. The number of likely N-dealkylation sites (N-methyl/N-ethyl adjacent to an activating group) is 1. The van der Waals surface area contributed by atoms with Gasteiger partial charge in [-0.2, -0.15) is 0 Å². The summed E-state index contributed by atoms with van der Waals surface area (Å²) in [7, 11) is 2.66. The number of carbonyl (C=O) groups is 1. The van der Waals surface area contributed by atoms with Crippen molar-refractivity contribution in [2.24, 2.45) is 0 Å². The molecule has 0 radical (unpaired) electrons. The number of ether oxygens (including phenoxy) is 2. The quantitative estimate of drug-likeness (QED) is 0.164. The van der Waals surface area contributed by atoms with Crippen LogP contribution in [0.1, 0.15) is 30.5 Å². The Kier molecular flexibility index (Phi) is 12.1. The summed E-state index contributed by atoms with van der Waals surface area (Å²) in [4.78, 5) is 19.7. The number of carbonyl (C=O) groups excluding carboxylic acids is 1.